The zero-order valence-corrected chi connectivity index (χ0v) is 15.8. The third-order valence-electron chi connectivity index (χ3n) is 3.92. The average Bonchev–Trinajstić information content (AvgIpc) is 2.60. The van der Waals surface area contributed by atoms with Gasteiger partial charge in [-0.3, -0.25) is 4.79 Å². The highest BCUT2D eigenvalue weighted by Gasteiger charge is 2.19. The summed E-state index contributed by atoms with van der Waals surface area (Å²) in [4.78, 5) is 11.7. The van der Waals surface area contributed by atoms with Gasteiger partial charge in [0.1, 0.15) is 5.75 Å². The van der Waals surface area contributed by atoms with E-state index >= 15 is 0 Å². The summed E-state index contributed by atoms with van der Waals surface area (Å²) in [6.07, 6.45) is 0. The van der Waals surface area contributed by atoms with Gasteiger partial charge in [-0.05, 0) is 35.7 Å². The van der Waals surface area contributed by atoms with Gasteiger partial charge in [-0.1, -0.05) is 18.2 Å². The number of rotatable bonds is 4. The van der Waals surface area contributed by atoms with Crippen molar-refractivity contribution in [3.63, 3.8) is 0 Å². The summed E-state index contributed by atoms with van der Waals surface area (Å²) >= 11 is 0. The van der Waals surface area contributed by atoms with Crippen LogP contribution in [0.3, 0.4) is 0 Å². The second-order valence-corrected chi connectivity index (χ2v) is 9.04. The van der Waals surface area contributed by atoms with E-state index in [9.17, 15) is 26.7 Å². The molecule has 3 aromatic rings. The number of aromatic hydroxyl groups is 1. The zero-order valence-electron chi connectivity index (χ0n) is 14.2. The minimum atomic E-state index is -4.19. The number of hydrogen-bond donors (Lipinski definition) is 4. The largest absolute Gasteiger partial charge is 0.507 e. The van der Waals surface area contributed by atoms with Crippen molar-refractivity contribution in [2.75, 3.05) is 5.32 Å². The van der Waals surface area contributed by atoms with E-state index in [1.807, 2.05) is 0 Å². The van der Waals surface area contributed by atoms with E-state index in [0.717, 1.165) is 24.3 Å². The Labute approximate surface area is 160 Å². The smallest absolute Gasteiger partial charge is 0.255 e. The summed E-state index contributed by atoms with van der Waals surface area (Å²) in [6, 6.07) is 12.2. The van der Waals surface area contributed by atoms with Crippen LogP contribution in [0.1, 0.15) is 10.4 Å². The van der Waals surface area contributed by atoms with Crippen LogP contribution in [0.15, 0.2) is 64.4 Å². The van der Waals surface area contributed by atoms with Gasteiger partial charge in [-0.25, -0.2) is 27.1 Å². The SMILES string of the molecule is NS(=O)(=O)c1cc(O)c2c(NC(=O)c3ccccc3)cc(S(N)(=O)=O)cc2c1. The molecule has 0 atom stereocenters. The van der Waals surface area contributed by atoms with Gasteiger partial charge < -0.3 is 10.4 Å². The van der Waals surface area contributed by atoms with Crippen LogP contribution in [-0.2, 0) is 20.0 Å². The number of sulfonamides is 2. The van der Waals surface area contributed by atoms with Gasteiger partial charge >= 0.3 is 0 Å². The highest BCUT2D eigenvalue weighted by atomic mass is 32.2. The Morgan fingerprint density at radius 1 is 0.857 bits per heavy atom. The first-order chi connectivity index (χ1) is 13.0. The van der Waals surface area contributed by atoms with E-state index in [1.54, 1.807) is 30.3 Å². The number of hydrogen-bond acceptors (Lipinski definition) is 6. The number of benzene rings is 3. The van der Waals surface area contributed by atoms with E-state index in [0.29, 0.717) is 0 Å². The molecule has 0 aliphatic carbocycles. The summed E-state index contributed by atoms with van der Waals surface area (Å²) in [5.74, 6) is -1.07. The molecule has 146 valence electrons. The predicted octanol–water partition coefficient (Wildman–Crippen LogP) is 1.09. The Morgan fingerprint density at radius 2 is 1.39 bits per heavy atom. The molecular weight excluding hydrogens is 406 g/mol. The molecule has 11 heteroatoms. The molecular formula is C17H15N3O6S2. The fourth-order valence-corrected chi connectivity index (χ4v) is 3.79. The minimum Gasteiger partial charge on any atom is -0.507 e. The number of nitrogens with one attached hydrogen (secondary N) is 1. The number of carbonyl (C=O) groups excluding carboxylic acids is 1. The summed E-state index contributed by atoms with van der Waals surface area (Å²) in [5.41, 5.74) is 0.228. The van der Waals surface area contributed by atoms with Crippen LogP contribution in [0.5, 0.6) is 5.75 Å². The van der Waals surface area contributed by atoms with Crippen LogP contribution in [0.2, 0.25) is 0 Å². The summed E-state index contributed by atoms with van der Waals surface area (Å²) < 4.78 is 46.8. The van der Waals surface area contributed by atoms with Gasteiger partial charge in [0.25, 0.3) is 5.91 Å². The molecule has 0 fully saturated rings. The number of phenols is 1. The van der Waals surface area contributed by atoms with Gasteiger partial charge in [0.2, 0.25) is 20.0 Å². The van der Waals surface area contributed by atoms with E-state index in [1.165, 1.54) is 0 Å². The van der Waals surface area contributed by atoms with Gasteiger partial charge in [-0.15, -0.1) is 0 Å². The molecule has 0 saturated carbocycles. The lowest BCUT2D eigenvalue weighted by molar-refractivity contribution is 0.102. The van der Waals surface area contributed by atoms with E-state index in [-0.39, 0.29) is 26.9 Å². The maximum atomic E-state index is 12.5. The molecule has 6 N–H and O–H groups in total. The summed E-state index contributed by atoms with van der Waals surface area (Å²) in [5, 5.41) is 23.1. The molecule has 0 unspecified atom stereocenters. The Morgan fingerprint density at radius 3 is 1.93 bits per heavy atom. The van der Waals surface area contributed by atoms with E-state index in [4.69, 9.17) is 10.3 Å². The third kappa shape index (κ3) is 3.97. The number of primary sulfonamides is 2. The molecule has 3 rings (SSSR count). The quantitative estimate of drug-likeness (QED) is 0.491. The van der Waals surface area contributed by atoms with Crippen molar-refractivity contribution >= 4 is 42.4 Å². The normalized spacial score (nSPS) is 12.1. The second kappa shape index (κ2) is 6.87. The number of nitrogens with two attached hydrogens (primary N) is 2. The molecule has 0 aliphatic rings. The Bertz CT molecular complexity index is 1300. The van der Waals surface area contributed by atoms with Gasteiger partial charge in [-0.2, -0.15) is 0 Å². The van der Waals surface area contributed by atoms with Crippen molar-refractivity contribution < 1.29 is 26.7 Å². The van der Waals surface area contributed by atoms with Crippen molar-refractivity contribution in [3.05, 3.63) is 60.2 Å². The molecule has 0 heterocycles. The lowest BCUT2D eigenvalue weighted by atomic mass is 10.1. The number of carbonyl (C=O) groups is 1. The van der Waals surface area contributed by atoms with Crippen LogP contribution in [0.4, 0.5) is 5.69 Å². The average molecular weight is 421 g/mol. The Balaban J connectivity index is 2.27. The molecule has 0 aromatic heterocycles. The number of amides is 1. The summed E-state index contributed by atoms with van der Waals surface area (Å²) in [6.45, 7) is 0. The van der Waals surface area contributed by atoms with Gasteiger partial charge in [0, 0.05) is 17.0 Å². The molecule has 1 amide bonds. The second-order valence-electron chi connectivity index (χ2n) is 5.92. The number of phenolic OH excluding ortho intramolecular Hbond substituents is 1. The minimum absolute atomic E-state index is 0.0129. The topological polar surface area (TPSA) is 170 Å². The van der Waals surface area contributed by atoms with Crippen molar-refractivity contribution in [2.24, 2.45) is 10.3 Å². The van der Waals surface area contributed by atoms with Crippen LogP contribution in [0.25, 0.3) is 10.8 Å². The Hall–Kier alpha value is -2.99. The van der Waals surface area contributed by atoms with Crippen LogP contribution < -0.4 is 15.6 Å². The van der Waals surface area contributed by atoms with E-state index < -0.39 is 36.6 Å². The van der Waals surface area contributed by atoms with Crippen LogP contribution in [-0.4, -0.2) is 27.8 Å². The lowest BCUT2D eigenvalue weighted by Crippen LogP contribution is -2.16. The fourth-order valence-electron chi connectivity index (χ4n) is 2.65. The molecule has 0 radical (unpaired) electrons. The zero-order chi connectivity index (χ0) is 20.7. The molecule has 0 saturated heterocycles. The molecule has 9 nitrogen and oxygen atoms in total. The maximum absolute atomic E-state index is 12.5. The van der Waals surface area contributed by atoms with Crippen LogP contribution >= 0.6 is 0 Å². The monoisotopic (exact) mass is 421 g/mol. The fraction of sp³-hybridized carbons (Fsp3) is 0. The standard InChI is InChI=1S/C17H15N3O6S2/c18-27(23,24)12-6-11-7-13(28(19,25)26)9-15(21)16(11)14(8-12)20-17(22)10-4-2-1-3-5-10/h1-9,21H,(H,20,22)(H2,18,23,24)(H2,19,25,26). The first-order valence-corrected chi connectivity index (χ1v) is 10.8. The highest BCUT2D eigenvalue weighted by molar-refractivity contribution is 7.89. The van der Waals surface area contributed by atoms with Crippen molar-refractivity contribution in [1.82, 2.24) is 0 Å². The Kier molecular flexibility index (Phi) is 4.85. The molecule has 0 aliphatic heterocycles. The predicted molar refractivity (Wildman–Crippen MR) is 103 cm³/mol. The van der Waals surface area contributed by atoms with Gasteiger partial charge in [0.15, 0.2) is 0 Å². The molecule has 28 heavy (non-hydrogen) atoms. The van der Waals surface area contributed by atoms with Crippen molar-refractivity contribution in [1.29, 1.82) is 0 Å². The van der Waals surface area contributed by atoms with E-state index in [2.05, 4.69) is 5.32 Å². The first-order valence-electron chi connectivity index (χ1n) is 7.69. The number of anilines is 1. The molecule has 0 bridgehead atoms. The highest BCUT2D eigenvalue weighted by Crippen LogP contribution is 2.36. The van der Waals surface area contributed by atoms with Gasteiger partial charge in [0.05, 0.1) is 15.5 Å². The number of fused-ring (bicyclic) bond motifs is 1. The maximum Gasteiger partial charge on any atom is 0.255 e. The van der Waals surface area contributed by atoms with Crippen molar-refractivity contribution in [3.8, 4) is 5.75 Å². The van der Waals surface area contributed by atoms with Crippen molar-refractivity contribution in [2.45, 2.75) is 9.79 Å². The first kappa shape index (κ1) is 19.8. The third-order valence-corrected chi connectivity index (χ3v) is 5.70. The molecule has 3 aromatic carbocycles. The molecule has 0 spiro atoms. The lowest BCUT2D eigenvalue weighted by Gasteiger charge is -2.13. The summed E-state index contributed by atoms with van der Waals surface area (Å²) in [7, 11) is -8.36. The van der Waals surface area contributed by atoms with Crippen LogP contribution in [0, 0.1) is 0 Å².